The van der Waals surface area contributed by atoms with E-state index in [1.165, 1.54) is 12.1 Å². The maximum atomic E-state index is 12.5. The Morgan fingerprint density at radius 2 is 2.11 bits per heavy atom. The zero-order valence-electron chi connectivity index (χ0n) is 16.2. The second kappa shape index (κ2) is 7.49. The van der Waals surface area contributed by atoms with Crippen LogP contribution in [0.3, 0.4) is 0 Å². The minimum absolute atomic E-state index is 0.0411. The summed E-state index contributed by atoms with van der Waals surface area (Å²) >= 11 is 0. The molecule has 1 aromatic carbocycles. The standard InChI is InChI=1S/C19H24N4O5/c1-4-20-18(25)21-11-14-17(22-9-5-6-16(22)24)13-10-12(23(26)27)7-8-15(13)28-19(14,2)3/h7-8,10H,4-6,9,11H2,1-3H3,(H2,20,21,25). The number of nitro benzene ring substituents is 1. The third kappa shape index (κ3) is 3.64. The van der Waals surface area contributed by atoms with Gasteiger partial charge in [-0.15, -0.1) is 0 Å². The molecule has 0 spiro atoms. The fourth-order valence-corrected chi connectivity index (χ4v) is 3.57. The fraction of sp³-hybridized carbons (Fsp3) is 0.474. The molecule has 0 bridgehead atoms. The molecule has 3 amide bonds. The van der Waals surface area contributed by atoms with Crippen molar-refractivity contribution in [3.8, 4) is 5.75 Å². The molecule has 2 aliphatic rings. The van der Waals surface area contributed by atoms with Crippen LogP contribution in [0.25, 0.3) is 5.70 Å². The Hall–Kier alpha value is -3.10. The highest BCUT2D eigenvalue weighted by Gasteiger charge is 2.40. The van der Waals surface area contributed by atoms with E-state index >= 15 is 0 Å². The molecule has 0 atom stereocenters. The number of nitrogens with one attached hydrogen (secondary N) is 2. The van der Waals surface area contributed by atoms with Gasteiger partial charge in [-0.3, -0.25) is 14.9 Å². The molecule has 150 valence electrons. The molecule has 2 N–H and O–H groups in total. The number of carbonyl (C=O) groups is 2. The van der Waals surface area contributed by atoms with Gasteiger partial charge in [-0.2, -0.15) is 0 Å². The summed E-state index contributed by atoms with van der Waals surface area (Å²) in [7, 11) is 0. The monoisotopic (exact) mass is 388 g/mol. The number of benzene rings is 1. The third-order valence-corrected chi connectivity index (χ3v) is 4.91. The van der Waals surface area contributed by atoms with Crippen molar-refractivity contribution in [1.82, 2.24) is 15.5 Å². The Morgan fingerprint density at radius 3 is 2.71 bits per heavy atom. The smallest absolute Gasteiger partial charge is 0.315 e. The molecule has 0 aliphatic carbocycles. The quantitative estimate of drug-likeness (QED) is 0.594. The number of ether oxygens (including phenoxy) is 1. The van der Waals surface area contributed by atoms with E-state index in [0.717, 1.165) is 0 Å². The number of amides is 3. The normalized spacial score (nSPS) is 17.8. The SMILES string of the molecule is CCNC(=O)NCC1=C(N2CCCC2=O)c2cc([N+](=O)[O-])ccc2OC1(C)C. The van der Waals surface area contributed by atoms with Crippen LogP contribution in [0.1, 0.15) is 39.2 Å². The third-order valence-electron chi connectivity index (χ3n) is 4.91. The Morgan fingerprint density at radius 1 is 1.36 bits per heavy atom. The van der Waals surface area contributed by atoms with E-state index in [-0.39, 0.29) is 24.2 Å². The molecular formula is C19H24N4O5. The molecule has 3 rings (SSSR count). The number of nitro groups is 1. The summed E-state index contributed by atoms with van der Waals surface area (Å²) in [6, 6.07) is 4.04. The van der Waals surface area contributed by atoms with Crippen LogP contribution >= 0.6 is 0 Å². The van der Waals surface area contributed by atoms with Crippen LogP contribution in [0.4, 0.5) is 10.5 Å². The van der Waals surface area contributed by atoms with Crippen LogP contribution in [0.15, 0.2) is 23.8 Å². The van der Waals surface area contributed by atoms with E-state index in [2.05, 4.69) is 10.6 Å². The van der Waals surface area contributed by atoms with Crippen molar-refractivity contribution in [2.45, 2.75) is 39.2 Å². The van der Waals surface area contributed by atoms with E-state index in [9.17, 15) is 19.7 Å². The van der Waals surface area contributed by atoms with Gasteiger partial charge in [-0.25, -0.2) is 4.79 Å². The van der Waals surface area contributed by atoms with Crippen LogP contribution < -0.4 is 15.4 Å². The summed E-state index contributed by atoms with van der Waals surface area (Å²) in [6.07, 6.45) is 1.14. The van der Waals surface area contributed by atoms with Crippen molar-refractivity contribution < 1.29 is 19.2 Å². The minimum atomic E-state index is -0.805. The zero-order chi connectivity index (χ0) is 20.5. The maximum Gasteiger partial charge on any atom is 0.315 e. The minimum Gasteiger partial charge on any atom is -0.483 e. The highest BCUT2D eigenvalue weighted by atomic mass is 16.6. The number of nitrogens with zero attached hydrogens (tertiary/aromatic N) is 2. The number of rotatable bonds is 5. The summed E-state index contributed by atoms with van der Waals surface area (Å²) in [5.41, 5.74) is 0.899. The molecular weight excluding hydrogens is 364 g/mol. The molecule has 1 fully saturated rings. The average Bonchev–Trinajstić information content (AvgIpc) is 3.04. The van der Waals surface area contributed by atoms with Gasteiger partial charge in [0.25, 0.3) is 5.69 Å². The summed E-state index contributed by atoms with van der Waals surface area (Å²) in [4.78, 5) is 36.9. The largest absolute Gasteiger partial charge is 0.483 e. The number of fused-ring (bicyclic) bond motifs is 1. The van der Waals surface area contributed by atoms with E-state index in [1.54, 1.807) is 11.0 Å². The van der Waals surface area contributed by atoms with E-state index < -0.39 is 10.5 Å². The summed E-state index contributed by atoms with van der Waals surface area (Å²) in [5.74, 6) is 0.438. The van der Waals surface area contributed by atoms with Crippen molar-refractivity contribution in [2.24, 2.45) is 0 Å². The first-order valence-electron chi connectivity index (χ1n) is 9.28. The van der Waals surface area contributed by atoms with Gasteiger partial charge in [0.1, 0.15) is 11.4 Å². The number of carbonyl (C=O) groups excluding carboxylic acids is 2. The first-order valence-corrected chi connectivity index (χ1v) is 9.28. The summed E-state index contributed by atoms with van der Waals surface area (Å²) in [5, 5.41) is 16.7. The zero-order valence-corrected chi connectivity index (χ0v) is 16.2. The molecule has 0 saturated carbocycles. The van der Waals surface area contributed by atoms with Gasteiger partial charge in [0.15, 0.2) is 0 Å². The Labute approximate surface area is 162 Å². The van der Waals surface area contributed by atoms with Gasteiger partial charge in [-0.05, 0) is 33.3 Å². The molecule has 0 aromatic heterocycles. The fourth-order valence-electron chi connectivity index (χ4n) is 3.57. The first-order chi connectivity index (χ1) is 13.2. The van der Waals surface area contributed by atoms with E-state index in [1.807, 2.05) is 20.8 Å². The van der Waals surface area contributed by atoms with Gasteiger partial charge in [0.05, 0.1) is 10.6 Å². The lowest BCUT2D eigenvalue weighted by Gasteiger charge is -2.39. The number of hydrogen-bond acceptors (Lipinski definition) is 5. The van der Waals surface area contributed by atoms with Crippen LogP contribution in [0.2, 0.25) is 0 Å². The Balaban J connectivity index is 2.13. The number of hydrogen-bond donors (Lipinski definition) is 2. The van der Waals surface area contributed by atoms with Crippen molar-refractivity contribution in [1.29, 1.82) is 0 Å². The number of non-ortho nitro benzene ring substituents is 1. The first kappa shape index (κ1) is 19.7. The maximum absolute atomic E-state index is 12.5. The van der Waals surface area contributed by atoms with Crippen LogP contribution in [-0.2, 0) is 4.79 Å². The van der Waals surface area contributed by atoms with E-state index in [4.69, 9.17) is 4.74 Å². The molecule has 2 heterocycles. The lowest BCUT2D eigenvalue weighted by Crippen LogP contribution is -2.45. The van der Waals surface area contributed by atoms with Crippen molar-refractivity contribution >= 4 is 23.3 Å². The highest BCUT2D eigenvalue weighted by molar-refractivity contribution is 5.92. The number of urea groups is 1. The van der Waals surface area contributed by atoms with Gasteiger partial charge < -0.3 is 20.3 Å². The predicted molar refractivity (Wildman–Crippen MR) is 103 cm³/mol. The molecule has 1 saturated heterocycles. The lowest BCUT2D eigenvalue weighted by molar-refractivity contribution is -0.384. The molecule has 0 radical (unpaired) electrons. The number of likely N-dealkylation sites (tertiary alicyclic amines) is 1. The summed E-state index contributed by atoms with van der Waals surface area (Å²) in [6.45, 7) is 6.68. The average molecular weight is 388 g/mol. The second-order valence-electron chi connectivity index (χ2n) is 7.24. The Kier molecular flexibility index (Phi) is 5.26. The van der Waals surface area contributed by atoms with Crippen molar-refractivity contribution in [3.05, 3.63) is 39.4 Å². The van der Waals surface area contributed by atoms with Crippen LogP contribution in [0.5, 0.6) is 5.75 Å². The molecule has 28 heavy (non-hydrogen) atoms. The topological polar surface area (TPSA) is 114 Å². The van der Waals surface area contributed by atoms with Gasteiger partial charge in [-0.1, -0.05) is 0 Å². The Bertz CT molecular complexity index is 862. The van der Waals surface area contributed by atoms with Crippen molar-refractivity contribution in [3.63, 3.8) is 0 Å². The van der Waals surface area contributed by atoms with E-state index in [0.29, 0.717) is 48.5 Å². The molecule has 9 nitrogen and oxygen atoms in total. The second-order valence-corrected chi connectivity index (χ2v) is 7.24. The molecule has 2 aliphatic heterocycles. The van der Waals surface area contributed by atoms with Crippen LogP contribution in [0, 0.1) is 10.1 Å². The summed E-state index contributed by atoms with van der Waals surface area (Å²) < 4.78 is 6.09. The van der Waals surface area contributed by atoms with Crippen molar-refractivity contribution in [2.75, 3.05) is 19.6 Å². The predicted octanol–water partition coefficient (Wildman–Crippen LogP) is 2.42. The van der Waals surface area contributed by atoms with Gasteiger partial charge in [0.2, 0.25) is 5.91 Å². The molecule has 0 unspecified atom stereocenters. The van der Waals surface area contributed by atoms with Crippen LogP contribution in [-0.4, -0.2) is 47.0 Å². The van der Waals surface area contributed by atoms with Gasteiger partial charge >= 0.3 is 6.03 Å². The molecule has 9 heteroatoms. The van der Waals surface area contributed by atoms with Gasteiger partial charge in [0, 0.05) is 49.3 Å². The lowest BCUT2D eigenvalue weighted by atomic mass is 9.88. The highest BCUT2D eigenvalue weighted by Crippen LogP contribution is 2.44. The molecule has 1 aromatic rings.